The molecule has 64 valence electrons. The van der Waals surface area contributed by atoms with Gasteiger partial charge in [0.2, 0.25) is 0 Å². The maximum absolute atomic E-state index is 10.5. The van der Waals surface area contributed by atoms with Gasteiger partial charge in [0.1, 0.15) is 0 Å². The second-order valence-electron chi connectivity index (χ2n) is 1.65. The summed E-state index contributed by atoms with van der Waals surface area (Å²) in [4.78, 5) is 21.0. The SMILES string of the molecule is O=C(CC(O)C(=O)[O][SbH2])[O][SbH2]. The second kappa shape index (κ2) is 6.10. The number of rotatable bonds is 3. The van der Waals surface area contributed by atoms with Gasteiger partial charge in [-0.3, -0.25) is 0 Å². The Kier molecular flexibility index (Phi) is 6.39. The van der Waals surface area contributed by atoms with Crippen LogP contribution >= 0.6 is 0 Å². The van der Waals surface area contributed by atoms with Crippen LogP contribution in [0.1, 0.15) is 6.42 Å². The normalized spacial score (nSPS) is 11.9. The Morgan fingerprint density at radius 1 is 1.36 bits per heavy atom. The summed E-state index contributed by atoms with van der Waals surface area (Å²) in [5.41, 5.74) is 0. The number of aliphatic hydroxyl groups is 1. The molecule has 0 saturated carbocycles. The van der Waals surface area contributed by atoms with Gasteiger partial charge in [-0.05, 0) is 0 Å². The molecule has 0 heterocycles. The summed E-state index contributed by atoms with van der Waals surface area (Å²) in [6.07, 6.45) is -1.69. The van der Waals surface area contributed by atoms with E-state index in [1.165, 1.54) is 0 Å². The van der Waals surface area contributed by atoms with E-state index in [0.29, 0.717) is 23.4 Å². The molecule has 0 aromatic carbocycles. The van der Waals surface area contributed by atoms with Crippen LogP contribution in [-0.4, -0.2) is 70.0 Å². The zero-order chi connectivity index (χ0) is 8.85. The summed E-state index contributed by atoms with van der Waals surface area (Å²) >= 11 is 0.607. The molecule has 1 atom stereocenters. The third-order valence-electron chi connectivity index (χ3n) is 0.880. The molecule has 0 aliphatic heterocycles. The monoisotopic (exact) mass is 378 g/mol. The van der Waals surface area contributed by atoms with Crippen molar-refractivity contribution in [1.29, 1.82) is 0 Å². The Morgan fingerprint density at radius 3 is 2.27 bits per heavy atom. The molecule has 0 rings (SSSR count). The first-order valence-electron chi connectivity index (χ1n) is 2.60. The van der Waals surface area contributed by atoms with Gasteiger partial charge in [0.15, 0.2) is 0 Å². The van der Waals surface area contributed by atoms with Gasteiger partial charge < -0.3 is 0 Å². The summed E-state index contributed by atoms with van der Waals surface area (Å²) < 4.78 is 8.65. The van der Waals surface area contributed by atoms with E-state index < -0.39 is 18.0 Å². The Hall–Kier alpha value is 0.536. The molecule has 0 saturated heterocycles. The average molecular weight is 380 g/mol. The predicted molar refractivity (Wildman–Crippen MR) is 39.9 cm³/mol. The van der Waals surface area contributed by atoms with Crippen LogP contribution in [0.25, 0.3) is 0 Å². The molecular weight excluding hydrogens is 372 g/mol. The van der Waals surface area contributed by atoms with E-state index in [2.05, 4.69) is 6.03 Å². The number of hydrogen-bond donors (Lipinski definition) is 1. The van der Waals surface area contributed by atoms with Gasteiger partial charge in [-0.25, -0.2) is 0 Å². The Labute approximate surface area is 91.5 Å². The summed E-state index contributed by atoms with van der Waals surface area (Å²) in [6, 6.07) is 0. The molecule has 0 radical (unpaired) electrons. The molecule has 7 heteroatoms. The zero-order valence-electron chi connectivity index (χ0n) is 5.52. The second-order valence-corrected chi connectivity index (χ2v) is 2.99. The fraction of sp³-hybridized carbons (Fsp3) is 0.500. The topological polar surface area (TPSA) is 72.8 Å². The Morgan fingerprint density at radius 2 is 1.91 bits per heavy atom. The molecule has 0 bridgehead atoms. The molecule has 0 aliphatic rings. The van der Waals surface area contributed by atoms with Crippen LogP contribution in [0.5, 0.6) is 0 Å². The quantitative estimate of drug-likeness (QED) is 0.527. The van der Waals surface area contributed by atoms with E-state index in [4.69, 9.17) is 5.11 Å². The number of hydrogen-bond acceptors (Lipinski definition) is 5. The van der Waals surface area contributed by atoms with Crippen molar-refractivity contribution in [2.24, 2.45) is 0 Å². The van der Waals surface area contributed by atoms with Crippen molar-refractivity contribution >= 4 is 58.8 Å². The van der Waals surface area contributed by atoms with Gasteiger partial charge in [-0.1, -0.05) is 0 Å². The average Bonchev–Trinajstić information content (AvgIpc) is 2.02. The molecule has 0 aliphatic carbocycles. The van der Waals surface area contributed by atoms with E-state index in [9.17, 15) is 9.59 Å². The first-order chi connectivity index (χ1) is 5.11. The summed E-state index contributed by atoms with van der Waals surface area (Å²) in [5.74, 6) is -1.34. The standard InChI is InChI=1S/C4H6O5.2Sb.4H/c5-2(4(8)9)1-3(6)7;;;;;;/h2,5H,1H2,(H,6,7)(H,8,9);;;;;;/q;2*+1;;;;/p-2. The van der Waals surface area contributed by atoms with E-state index in [1.54, 1.807) is 0 Å². The van der Waals surface area contributed by atoms with Crippen molar-refractivity contribution < 1.29 is 20.7 Å². The van der Waals surface area contributed by atoms with Gasteiger partial charge in [-0.2, -0.15) is 0 Å². The molecule has 0 aromatic heterocycles. The van der Waals surface area contributed by atoms with Gasteiger partial charge in [-0.15, -0.1) is 0 Å². The van der Waals surface area contributed by atoms with Crippen LogP contribution in [0.15, 0.2) is 0 Å². The Bertz CT molecular complexity index is 159. The van der Waals surface area contributed by atoms with Crippen molar-refractivity contribution in [1.82, 2.24) is 0 Å². The number of carbonyl (C=O) groups excluding carboxylic acids is 2. The zero-order valence-corrected chi connectivity index (χ0v) is 12.1. The van der Waals surface area contributed by atoms with E-state index >= 15 is 0 Å². The molecule has 0 aromatic rings. The fourth-order valence-electron chi connectivity index (χ4n) is 0.368. The van der Waals surface area contributed by atoms with Crippen molar-refractivity contribution in [2.45, 2.75) is 12.5 Å². The van der Waals surface area contributed by atoms with Gasteiger partial charge in [0, 0.05) is 0 Å². The van der Waals surface area contributed by atoms with Gasteiger partial charge in [0.25, 0.3) is 0 Å². The Balaban J connectivity index is 3.77. The summed E-state index contributed by atoms with van der Waals surface area (Å²) in [5, 5.41) is 8.88. The van der Waals surface area contributed by atoms with Crippen molar-refractivity contribution in [3.8, 4) is 0 Å². The van der Waals surface area contributed by atoms with Crippen LogP contribution < -0.4 is 0 Å². The van der Waals surface area contributed by atoms with Crippen molar-refractivity contribution in [3.63, 3.8) is 0 Å². The van der Waals surface area contributed by atoms with Crippen molar-refractivity contribution in [2.75, 3.05) is 0 Å². The van der Waals surface area contributed by atoms with Crippen LogP contribution in [0.3, 0.4) is 0 Å². The first kappa shape index (κ1) is 11.5. The number of aliphatic hydroxyl groups excluding tert-OH is 1. The van der Waals surface area contributed by atoms with Gasteiger partial charge in [0.05, 0.1) is 0 Å². The number of carbonyl (C=O) groups is 2. The molecule has 1 unspecified atom stereocenters. The maximum atomic E-state index is 10.5. The molecule has 0 spiro atoms. The molecule has 11 heavy (non-hydrogen) atoms. The molecule has 5 nitrogen and oxygen atoms in total. The molecule has 1 N–H and O–H groups in total. The van der Waals surface area contributed by atoms with Crippen LogP contribution in [-0.2, 0) is 15.6 Å². The molecular formula is C4H8O5Sb2. The van der Waals surface area contributed by atoms with Crippen molar-refractivity contribution in [3.05, 3.63) is 0 Å². The van der Waals surface area contributed by atoms with Crippen LogP contribution in [0.2, 0.25) is 0 Å². The third-order valence-corrected chi connectivity index (χ3v) is 2.29. The molecule has 0 fully saturated rings. The van der Waals surface area contributed by atoms with E-state index in [0.717, 1.165) is 0 Å². The fourth-order valence-corrected chi connectivity index (χ4v) is 1.09. The predicted octanol–water partition coefficient (Wildman–Crippen LogP) is -3.08. The third kappa shape index (κ3) is 4.89. The van der Waals surface area contributed by atoms with Gasteiger partial charge >= 0.3 is 92.1 Å². The minimum atomic E-state index is -1.37. The molecule has 0 amide bonds. The minimum absolute atomic E-state index is 0.278. The summed E-state index contributed by atoms with van der Waals surface area (Å²) in [7, 11) is 0. The summed E-state index contributed by atoms with van der Waals surface area (Å²) in [6.45, 7) is 0. The van der Waals surface area contributed by atoms with E-state index in [1.807, 2.05) is 0 Å². The first-order valence-corrected chi connectivity index (χ1v) is 5.29. The van der Waals surface area contributed by atoms with E-state index in [-0.39, 0.29) is 29.9 Å². The van der Waals surface area contributed by atoms with Crippen LogP contribution in [0, 0.1) is 0 Å². The van der Waals surface area contributed by atoms with Crippen LogP contribution in [0.4, 0.5) is 0 Å².